The first-order valence-corrected chi connectivity index (χ1v) is 9.95. The standard InChI is InChI=1S/C17H27N3O3S/c1-4-20(5-2)24(22,23)16-12-15(9-8-14(16)3)18-17(21)13-19-10-6-7-11-19/h8-9,12H,4-7,10-11,13H2,1-3H3,(H,18,21). The minimum atomic E-state index is -3.54. The van der Waals surface area contributed by atoms with Gasteiger partial charge in [-0.3, -0.25) is 9.69 Å². The molecule has 0 unspecified atom stereocenters. The van der Waals surface area contributed by atoms with Crippen molar-refractivity contribution in [2.75, 3.05) is 38.0 Å². The van der Waals surface area contributed by atoms with Crippen LogP contribution in [0.2, 0.25) is 0 Å². The van der Waals surface area contributed by atoms with Crippen molar-refractivity contribution in [3.63, 3.8) is 0 Å². The molecule has 1 heterocycles. The molecule has 7 heteroatoms. The van der Waals surface area contributed by atoms with Crippen molar-refractivity contribution in [1.29, 1.82) is 0 Å². The molecule has 1 aliphatic heterocycles. The van der Waals surface area contributed by atoms with Crippen LogP contribution >= 0.6 is 0 Å². The highest BCUT2D eigenvalue weighted by Crippen LogP contribution is 2.23. The average Bonchev–Trinajstić information content (AvgIpc) is 3.02. The van der Waals surface area contributed by atoms with Gasteiger partial charge < -0.3 is 5.32 Å². The second-order valence-electron chi connectivity index (χ2n) is 6.10. The lowest BCUT2D eigenvalue weighted by Gasteiger charge is -2.20. The molecule has 0 atom stereocenters. The number of carbonyl (C=O) groups is 1. The van der Waals surface area contributed by atoms with Gasteiger partial charge in [-0.05, 0) is 50.6 Å². The lowest BCUT2D eigenvalue weighted by atomic mass is 10.2. The second kappa shape index (κ2) is 8.09. The fraction of sp³-hybridized carbons (Fsp3) is 0.588. The number of hydrogen-bond donors (Lipinski definition) is 1. The number of carbonyl (C=O) groups excluding carboxylic acids is 1. The van der Waals surface area contributed by atoms with Gasteiger partial charge >= 0.3 is 0 Å². The van der Waals surface area contributed by atoms with Crippen LogP contribution in [0.4, 0.5) is 5.69 Å². The van der Waals surface area contributed by atoms with Crippen LogP contribution < -0.4 is 5.32 Å². The summed E-state index contributed by atoms with van der Waals surface area (Å²) in [6, 6.07) is 5.05. The van der Waals surface area contributed by atoms with Crippen LogP contribution in [0.5, 0.6) is 0 Å². The number of nitrogens with zero attached hydrogens (tertiary/aromatic N) is 2. The summed E-state index contributed by atoms with van der Waals surface area (Å²) in [5.74, 6) is -0.105. The predicted molar refractivity (Wildman–Crippen MR) is 95.6 cm³/mol. The molecule has 0 aliphatic carbocycles. The highest BCUT2D eigenvalue weighted by atomic mass is 32.2. The Morgan fingerprint density at radius 2 is 1.83 bits per heavy atom. The van der Waals surface area contributed by atoms with Gasteiger partial charge in [0.15, 0.2) is 0 Å². The third-order valence-electron chi connectivity index (χ3n) is 4.36. The number of benzene rings is 1. The van der Waals surface area contributed by atoms with Crippen LogP contribution in [0.25, 0.3) is 0 Å². The summed E-state index contributed by atoms with van der Waals surface area (Å²) in [6.45, 7) is 8.49. The number of anilines is 1. The van der Waals surface area contributed by atoms with Gasteiger partial charge in [0.05, 0.1) is 11.4 Å². The van der Waals surface area contributed by atoms with Crippen LogP contribution in [0.1, 0.15) is 32.3 Å². The summed E-state index contributed by atoms with van der Waals surface area (Å²) < 4.78 is 26.9. The molecule has 1 saturated heterocycles. The van der Waals surface area contributed by atoms with Crippen LogP contribution in [-0.4, -0.2) is 56.3 Å². The normalized spacial score (nSPS) is 15.8. The molecule has 0 spiro atoms. The maximum Gasteiger partial charge on any atom is 0.243 e. The lowest BCUT2D eigenvalue weighted by molar-refractivity contribution is -0.117. The summed E-state index contributed by atoms with van der Waals surface area (Å²) in [5.41, 5.74) is 1.20. The van der Waals surface area contributed by atoms with E-state index < -0.39 is 10.0 Å². The van der Waals surface area contributed by atoms with Gasteiger partial charge in [0.1, 0.15) is 0 Å². The van der Waals surface area contributed by atoms with E-state index in [-0.39, 0.29) is 10.8 Å². The van der Waals surface area contributed by atoms with Crippen molar-refractivity contribution in [1.82, 2.24) is 9.21 Å². The van der Waals surface area contributed by atoms with E-state index in [0.717, 1.165) is 25.9 Å². The first kappa shape index (κ1) is 18.9. The topological polar surface area (TPSA) is 69.7 Å². The molecule has 1 N–H and O–H groups in total. The Kier molecular flexibility index (Phi) is 6.37. The minimum Gasteiger partial charge on any atom is -0.325 e. The first-order valence-electron chi connectivity index (χ1n) is 8.51. The Balaban J connectivity index is 2.17. The zero-order valence-electron chi connectivity index (χ0n) is 14.7. The van der Waals surface area contributed by atoms with Crippen molar-refractivity contribution in [3.8, 4) is 0 Å². The summed E-state index contributed by atoms with van der Waals surface area (Å²) in [6.07, 6.45) is 2.26. The highest BCUT2D eigenvalue weighted by Gasteiger charge is 2.24. The SMILES string of the molecule is CCN(CC)S(=O)(=O)c1cc(NC(=O)CN2CCCC2)ccc1C. The van der Waals surface area contributed by atoms with E-state index in [2.05, 4.69) is 10.2 Å². The number of likely N-dealkylation sites (tertiary alicyclic amines) is 1. The molecule has 1 fully saturated rings. The monoisotopic (exact) mass is 353 g/mol. The first-order chi connectivity index (χ1) is 11.4. The van der Waals surface area contributed by atoms with Crippen LogP contribution in [0.15, 0.2) is 23.1 Å². The van der Waals surface area contributed by atoms with Gasteiger partial charge in [0.2, 0.25) is 15.9 Å². The number of aryl methyl sites for hydroxylation is 1. The predicted octanol–water partition coefficient (Wildman–Crippen LogP) is 2.06. The Bertz CT molecular complexity index is 678. The molecule has 24 heavy (non-hydrogen) atoms. The summed E-state index contributed by atoms with van der Waals surface area (Å²) in [5, 5.41) is 2.82. The third-order valence-corrected chi connectivity index (χ3v) is 6.55. The maximum atomic E-state index is 12.7. The van der Waals surface area contributed by atoms with Gasteiger partial charge in [-0.1, -0.05) is 19.9 Å². The fourth-order valence-corrected chi connectivity index (χ4v) is 4.71. The highest BCUT2D eigenvalue weighted by molar-refractivity contribution is 7.89. The number of nitrogens with one attached hydrogen (secondary N) is 1. The van der Waals surface area contributed by atoms with Gasteiger partial charge in [-0.25, -0.2) is 8.42 Å². The Hall–Kier alpha value is -1.44. The molecular weight excluding hydrogens is 326 g/mol. The molecule has 0 saturated carbocycles. The smallest absolute Gasteiger partial charge is 0.243 e. The fourth-order valence-electron chi connectivity index (χ4n) is 3.00. The maximum absolute atomic E-state index is 12.7. The van der Waals surface area contributed by atoms with Gasteiger partial charge in [-0.2, -0.15) is 4.31 Å². The quantitative estimate of drug-likeness (QED) is 0.815. The summed E-state index contributed by atoms with van der Waals surface area (Å²) >= 11 is 0. The zero-order valence-corrected chi connectivity index (χ0v) is 15.5. The molecule has 6 nitrogen and oxygen atoms in total. The van der Waals surface area contributed by atoms with E-state index in [1.165, 1.54) is 4.31 Å². The molecule has 1 aliphatic rings. The second-order valence-corrected chi connectivity index (χ2v) is 8.01. The number of amides is 1. The minimum absolute atomic E-state index is 0.105. The molecule has 0 radical (unpaired) electrons. The molecule has 2 rings (SSSR count). The Labute approximate surface area is 144 Å². The Morgan fingerprint density at radius 3 is 2.42 bits per heavy atom. The van der Waals surface area contributed by atoms with Crippen molar-refractivity contribution in [3.05, 3.63) is 23.8 Å². The van der Waals surface area contributed by atoms with E-state index >= 15 is 0 Å². The van der Waals surface area contributed by atoms with Gasteiger partial charge in [0.25, 0.3) is 0 Å². The third kappa shape index (κ3) is 4.34. The van der Waals surface area contributed by atoms with Crippen LogP contribution in [0, 0.1) is 6.92 Å². The molecule has 1 aromatic carbocycles. The van der Waals surface area contributed by atoms with E-state index in [9.17, 15) is 13.2 Å². The van der Waals surface area contributed by atoms with E-state index in [1.54, 1.807) is 25.1 Å². The molecular formula is C17H27N3O3S. The average molecular weight is 353 g/mol. The molecule has 0 aromatic heterocycles. The zero-order chi connectivity index (χ0) is 17.7. The molecule has 1 aromatic rings. The Morgan fingerprint density at radius 1 is 1.21 bits per heavy atom. The van der Waals surface area contributed by atoms with E-state index in [4.69, 9.17) is 0 Å². The molecule has 1 amide bonds. The molecule has 0 bridgehead atoms. The molecule has 134 valence electrons. The lowest BCUT2D eigenvalue weighted by Crippen LogP contribution is -2.32. The van der Waals surface area contributed by atoms with Gasteiger partial charge in [0, 0.05) is 18.8 Å². The van der Waals surface area contributed by atoms with Crippen molar-refractivity contribution in [2.24, 2.45) is 0 Å². The largest absolute Gasteiger partial charge is 0.325 e. The van der Waals surface area contributed by atoms with Crippen molar-refractivity contribution < 1.29 is 13.2 Å². The van der Waals surface area contributed by atoms with Crippen molar-refractivity contribution >= 4 is 21.6 Å². The van der Waals surface area contributed by atoms with E-state index in [1.807, 2.05) is 13.8 Å². The number of rotatable bonds is 7. The van der Waals surface area contributed by atoms with Crippen LogP contribution in [0.3, 0.4) is 0 Å². The summed E-state index contributed by atoms with van der Waals surface area (Å²) in [7, 11) is -3.54. The number of hydrogen-bond acceptors (Lipinski definition) is 4. The van der Waals surface area contributed by atoms with E-state index in [0.29, 0.717) is 30.9 Å². The van der Waals surface area contributed by atoms with Crippen LogP contribution in [-0.2, 0) is 14.8 Å². The summed E-state index contributed by atoms with van der Waals surface area (Å²) in [4.78, 5) is 14.5. The van der Waals surface area contributed by atoms with Gasteiger partial charge in [-0.15, -0.1) is 0 Å². The van der Waals surface area contributed by atoms with Crippen molar-refractivity contribution in [2.45, 2.75) is 38.5 Å². The number of sulfonamides is 1.